The fourth-order valence-corrected chi connectivity index (χ4v) is 4.10. The van der Waals surface area contributed by atoms with Crippen molar-refractivity contribution in [2.75, 3.05) is 101 Å². The number of hydrogen-bond donors (Lipinski definition) is 0. The monoisotopic (exact) mass is 717 g/mol. The summed E-state index contributed by atoms with van der Waals surface area (Å²) in [4.78, 5) is 42.0. The van der Waals surface area contributed by atoms with E-state index >= 15 is 0 Å². The number of carbonyl (C=O) groups is 3. The van der Waals surface area contributed by atoms with Gasteiger partial charge in [0.15, 0.2) is 0 Å². The summed E-state index contributed by atoms with van der Waals surface area (Å²) < 4.78 is 46.7. The van der Waals surface area contributed by atoms with Gasteiger partial charge in [-0.1, -0.05) is 24.0 Å². The first-order chi connectivity index (χ1) is 25.4. The van der Waals surface area contributed by atoms with Crippen LogP contribution in [0.5, 0.6) is 0 Å². The van der Waals surface area contributed by atoms with Crippen molar-refractivity contribution in [1.29, 1.82) is 0 Å². The molecule has 0 radical (unpaired) electrons. The Morgan fingerprint density at radius 3 is 1.29 bits per heavy atom. The van der Waals surface area contributed by atoms with E-state index in [0.29, 0.717) is 75.1 Å². The molecule has 0 unspecified atom stereocenters. The van der Waals surface area contributed by atoms with Crippen LogP contribution < -0.4 is 0 Å². The molecule has 0 saturated heterocycles. The zero-order chi connectivity index (χ0) is 37.2. The molecule has 52 heavy (non-hydrogen) atoms. The molecular weight excluding hydrogens is 674 g/mol. The molecule has 0 atom stereocenters. The van der Waals surface area contributed by atoms with E-state index in [1.165, 1.54) is 19.2 Å². The van der Waals surface area contributed by atoms with E-state index in [1.54, 1.807) is 62.8 Å². The van der Waals surface area contributed by atoms with Crippen LogP contribution in [0.15, 0.2) is 60.7 Å². The first-order valence-electron chi connectivity index (χ1n) is 16.4. The summed E-state index contributed by atoms with van der Waals surface area (Å²) >= 11 is 0. The maximum atomic E-state index is 12.6. The highest BCUT2D eigenvalue weighted by atomic mass is 16.6. The summed E-state index contributed by atoms with van der Waals surface area (Å²) in [5, 5.41) is 0. The van der Waals surface area contributed by atoms with Gasteiger partial charge in [-0.15, -0.1) is 0 Å². The second-order valence-electron chi connectivity index (χ2n) is 10.5. The third-order valence-electron chi connectivity index (χ3n) is 6.64. The highest BCUT2D eigenvalue weighted by molar-refractivity contribution is 5.91. The number of esters is 3. The fourth-order valence-electron chi connectivity index (χ4n) is 4.10. The molecule has 1 heterocycles. The Balaban J connectivity index is 1.60. The minimum atomic E-state index is -0.590. The van der Waals surface area contributed by atoms with Gasteiger partial charge in [0.1, 0.15) is 24.6 Å². The summed E-state index contributed by atoms with van der Waals surface area (Å²) in [5.74, 6) is 10.2. The molecule has 0 aliphatic heterocycles. The first kappa shape index (κ1) is 41.3. The van der Waals surface area contributed by atoms with Crippen molar-refractivity contribution >= 4 is 17.9 Å². The van der Waals surface area contributed by atoms with Gasteiger partial charge in [0.25, 0.3) is 0 Å². The summed E-state index contributed by atoms with van der Waals surface area (Å²) in [6.45, 7) is 4.20. The molecule has 13 heteroatoms. The van der Waals surface area contributed by atoms with Crippen LogP contribution in [-0.2, 0) is 42.6 Å². The highest BCUT2D eigenvalue weighted by Gasteiger charge is 2.11. The molecule has 13 nitrogen and oxygen atoms in total. The van der Waals surface area contributed by atoms with Gasteiger partial charge < -0.3 is 42.6 Å². The zero-order valence-corrected chi connectivity index (χ0v) is 29.6. The number of aromatic nitrogens is 1. The van der Waals surface area contributed by atoms with Gasteiger partial charge in [-0.2, -0.15) is 0 Å². The van der Waals surface area contributed by atoms with E-state index in [-0.39, 0.29) is 43.4 Å². The second kappa shape index (κ2) is 24.9. The normalized spacial score (nSPS) is 10.4. The number of benzene rings is 2. The predicted molar refractivity (Wildman–Crippen MR) is 188 cm³/mol. The molecule has 0 saturated carbocycles. The third kappa shape index (κ3) is 16.3. The van der Waals surface area contributed by atoms with Gasteiger partial charge in [-0.05, 0) is 60.4 Å². The van der Waals surface area contributed by atoms with E-state index < -0.39 is 17.9 Å². The van der Waals surface area contributed by atoms with Crippen LogP contribution in [0.25, 0.3) is 0 Å². The second-order valence-corrected chi connectivity index (χ2v) is 10.5. The maximum absolute atomic E-state index is 12.6. The van der Waals surface area contributed by atoms with Crippen LogP contribution in [0.3, 0.4) is 0 Å². The zero-order valence-electron chi connectivity index (χ0n) is 29.6. The van der Waals surface area contributed by atoms with E-state index in [9.17, 15) is 14.4 Å². The Morgan fingerprint density at radius 1 is 0.481 bits per heavy atom. The van der Waals surface area contributed by atoms with Gasteiger partial charge in [-0.25, -0.2) is 19.4 Å². The Kier molecular flexibility index (Phi) is 19.8. The largest absolute Gasteiger partial charge is 0.465 e. The van der Waals surface area contributed by atoms with Crippen molar-refractivity contribution in [2.45, 2.75) is 0 Å². The first-order valence-corrected chi connectivity index (χ1v) is 16.4. The number of ether oxygens (including phenoxy) is 9. The average Bonchev–Trinajstić information content (AvgIpc) is 3.17. The fraction of sp³-hybridized carbons (Fsp3) is 0.385. The molecule has 0 N–H and O–H groups in total. The molecule has 3 aromatic rings. The van der Waals surface area contributed by atoms with Gasteiger partial charge >= 0.3 is 17.9 Å². The van der Waals surface area contributed by atoms with Gasteiger partial charge in [0.05, 0.1) is 89.9 Å². The van der Waals surface area contributed by atoms with Crippen molar-refractivity contribution in [1.82, 2.24) is 4.98 Å². The van der Waals surface area contributed by atoms with Crippen LogP contribution in [-0.4, -0.2) is 124 Å². The lowest BCUT2D eigenvalue weighted by Crippen LogP contribution is -2.14. The van der Waals surface area contributed by atoms with Gasteiger partial charge in [-0.3, -0.25) is 0 Å². The molecule has 0 aliphatic carbocycles. The molecular formula is C39H43NO12. The molecule has 0 amide bonds. The standard InChI is InChI=1S/C39H43NO12/c1-44-14-16-47-18-20-49-22-24-51-38(42)32-8-4-6-30(26-32)10-12-35-28-34(37(41)46-3)29-36(40-35)13-11-31-7-5-9-33(27-31)39(43)52-25-23-50-21-19-48-17-15-45-2/h4-9,26-29H,14-25H2,1-3H3. The molecule has 0 fully saturated rings. The molecule has 0 bridgehead atoms. The Hall–Kier alpha value is -5.12. The van der Waals surface area contributed by atoms with E-state index in [4.69, 9.17) is 42.6 Å². The third-order valence-corrected chi connectivity index (χ3v) is 6.64. The van der Waals surface area contributed by atoms with Crippen LogP contribution in [0.1, 0.15) is 53.6 Å². The van der Waals surface area contributed by atoms with E-state index in [0.717, 1.165) is 0 Å². The smallest absolute Gasteiger partial charge is 0.338 e. The minimum absolute atomic E-state index is 0.0811. The summed E-state index contributed by atoms with van der Waals surface area (Å²) in [6.07, 6.45) is 0. The number of rotatable bonds is 21. The van der Waals surface area contributed by atoms with Crippen molar-refractivity contribution in [3.05, 3.63) is 99.9 Å². The Labute approximate surface area is 303 Å². The number of carbonyl (C=O) groups excluding carboxylic acids is 3. The lowest BCUT2D eigenvalue weighted by Gasteiger charge is -2.07. The lowest BCUT2D eigenvalue weighted by atomic mass is 10.1. The van der Waals surface area contributed by atoms with E-state index in [2.05, 4.69) is 28.7 Å². The van der Waals surface area contributed by atoms with Gasteiger partial charge in [0, 0.05) is 25.3 Å². The SMILES string of the molecule is COCCOCCOCCOC(=O)c1cccc(C#Cc2cc(C(=O)OC)cc(C#Cc3cccc(C(=O)OCCOCCOCCOC)c3)n2)c1. The number of pyridine rings is 1. The molecule has 0 spiro atoms. The molecule has 2 aromatic carbocycles. The molecule has 0 aliphatic rings. The van der Waals surface area contributed by atoms with Crippen molar-refractivity contribution in [3.8, 4) is 23.7 Å². The van der Waals surface area contributed by atoms with Crippen LogP contribution in [0.4, 0.5) is 0 Å². The summed E-state index contributed by atoms with van der Waals surface area (Å²) in [5.41, 5.74) is 2.40. The number of hydrogen-bond acceptors (Lipinski definition) is 13. The van der Waals surface area contributed by atoms with Crippen molar-refractivity contribution in [2.24, 2.45) is 0 Å². The summed E-state index contributed by atoms with van der Waals surface area (Å²) in [6, 6.07) is 16.2. The average molecular weight is 718 g/mol. The molecule has 276 valence electrons. The summed E-state index contributed by atoms with van der Waals surface area (Å²) in [7, 11) is 4.47. The van der Waals surface area contributed by atoms with Crippen molar-refractivity contribution < 1.29 is 57.0 Å². The maximum Gasteiger partial charge on any atom is 0.338 e. The predicted octanol–water partition coefficient (Wildman–Crippen LogP) is 3.34. The number of methoxy groups -OCH3 is 3. The highest BCUT2D eigenvalue weighted by Crippen LogP contribution is 2.11. The number of nitrogens with zero attached hydrogens (tertiary/aromatic N) is 1. The van der Waals surface area contributed by atoms with Crippen LogP contribution in [0, 0.1) is 23.7 Å². The topological polar surface area (TPSA) is 147 Å². The molecule has 3 rings (SSSR count). The van der Waals surface area contributed by atoms with Gasteiger partial charge in [0.2, 0.25) is 0 Å². The van der Waals surface area contributed by atoms with Crippen LogP contribution >= 0.6 is 0 Å². The van der Waals surface area contributed by atoms with E-state index in [1.807, 2.05) is 0 Å². The quantitative estimate of drug-likeness (QED) is 0.0688. The molecule has 1 aromatic heterocycles. The Bertz CT molecular complexity index is 1590. The van der Waals surface area contributed by atoms with Crippen molar-refractivity contribution in [3.63, 3.8) is 0 Å². The van der Waals surface area contributed by atoms with Crippen LogP contribution in [0.2, 0.25) is 0 Å². The minimum Gasteiger partial charge on any atom is -0.465 e. The lowest BCUT2D eigenvalue weighted by molar-refractivity contribution is 0.00552. The Morgan fingerprint density at radius 2 is 0.885 bits per heavy atom.